The standard InChI is InChI=1S/C20H32N2O3/c23-18-6-11-21(17-7-12-25-13-8-17)14-20(18)9-3-10-22(15-20)19(24)16-4-1-2-5-16/h1-2,16-18,23H,3-15H2/t18-,20-/m1/s1. The molecule has 0 aromatic heterocycles. The van der Waals surface area contributed by atoms with Crippen molar-refractivity contribution in [2.45, 2.75) is 57.1 Å². The molecule has 3 aliphatic heterocycles. The molecule has 1 N–H and O–H groups in total. The average molecular weight is 348 g/mol. The third kappa shape index (κ3) is 3.51. The number of piperidine rings is 2. The van der Waals surface area contributed by atoms with Crippen LogP contribution < -0.4 is 0 Å². The first kappa shape index (κ1) is 17.5. The first-order valence-corrected chi connectivity index (χ1v) is 10.1. The Balaban J connectivity index is 1.45. The SMILES string of the molecule is O=C(C1CC=CC1)N1CCC[C@]2(C1)CN(C1CCOCC1)CC[C@H]2O. The fourth-order valence-electron chi connectivity index (χ4n) is 5.37. The predicted molar refractivity (Wildman–Crippen MR) is 96.1 cm³/mol. The molecule has 25 heavy (non-hydrogen) atoms. The van der Waals surface area contributed by atoms with Crippen LogP contribution in [-0.2, 0) is 9.53 Å². The van der Waals surface area contributed by atoms with Crippen LogP contribution in [0.1, 0.15) is 44.9 Å². The molecule has 1 spiro atoms. The van der Waals surface area contributed by atoms with Crippen molar-refractivity contribution in [3.63, 3.8) is 0 Å². The van der Waals surface area contributed by atoms with Crippen molar-refractivity contribution in [3.05, 3.63) is 12.2 Å². The van der Waals surface area contributed by atoms with Gasteiger partial charge in [0.05, 0.1) is 6.10 Å². The van der Waals surface area contributed by atoms with E-state index in [4.69, 9.17) is 4.74 Å². The maximum Gasteiger partial charge on any atom is 0.226 e. The lowest BCUT2D eigenvalue weighted by molar-refractivity contribution is -0.147. The number of hydrogen-bond acceptors (Lipinski definition) is 4. The predicted octanol–water partition coefficient (Wildman–Crippen LogP) is 1.81. The highest BCUT2D eigenvalue weighted by atomic mass is 16.5. The molecule has 3 saturated heterocycles. The van der Waals surface area contributed by atoms with Crippen LogP contribution in [0.3, 0.4) is 0 Å². The van der Waals surface area contributed by atoms with Crippen molar-refractivity contribution in [1.82, 2.24) is 9.80 Å². The van der Waals surface area contributed by atoms with Gasteiger partial charge < -0.3 is 14.7 Å². The van der Waals surface area contributed by atoms with E-state index < -0.39 is 0 Å². The lowest BCUT2D eigenvalue weighted by Crippen LogP contribution is -2.62. The van der Waals surface area contributed by atoms with E-state index >= 15 is 0 Å². The monoisotopic (exact) mass is 348 g/mol. The number of amides is 1. The number of aliphatic hydroxyl groups is 1. The van der Waals surface area contributed by atoms with Crippen molar-refractivity contribution in [2.75, 3.05) is 39.4 Å². The Kier molecular flexibility index (Phi) is 5.16. The number of rotatable bonds is 2. The van der Waals surface area contributed by atoms with Crippen LogP contribution in [0.2, 0.25) is 0 Å². The van der Waals surface area contributed by atoms with Crippen molar-refractivity contribution >= 4 is 5.91 Å². The van der Waals surface area contributed by atoms with E-state index in [-0.39, 0.29) is 17.4 Å². The Labute approximate surface area is 151 Å². The number of aliphatic hydroxyl groups excluding tert-OH is 1. The van der Waals surface area contributed by atoms with E-state index in [0.29, 0.717) is 11.9 Å². The number of carbonyl (C=O) groups excluding carboxylic acids is 1. The molecule has 0 unspecified atom stereocenters. The lowest BCUT2D eigenvalue weighted by Gasteiger charge is -2.53. The van der Waals surface area contributed by atoms with Crippen molar-refractivity contribution in [2.24, 2.45) is 11.3 Å². The van der Waals surface area contributed by atoms with E-state index in [1.54, 1.807) is 0 Å². The number of likely N-dealkylation sites (tertiary alicyclic amines) is 2. The third-order valence-electron chi connectivity index (χ3n) is 6.90. The van der Waals surface area contributed by atoms with Crippen LogP contribution >= 0.6 is 0 Å². The van der Waals surface area contributed by atoms with Crippen LogP contribution in [0.5, 0.6) is 0 Å². The van der Waals surface area contributed by atoms with Gasteiger partial charge in [-0.3, -0.25) is 9.69 Å². The summed E-state index contributed by atoms with van der Waals surface area (Å²) in [5, 5.41) is 10.9. The summed E-state index contributed by atoms with van der Waals surface area (Å²) >= 11 is 0. The second kappa shape index (κ2) is 7.37. The molecule has 4 aliphatic rings. The zero-order valence-corrected chi connectivity index (χ0v) is 15.2. The molecule has 0 aromatic carbocycles. The van der Waals surface area contributed by atoms with Gasteiger partial charge in [0.1, 0.15) is 0 Å². The zero-order chi connectivity index (χ0) is 17.3. The molecule has 5 heteroatoms. The summed E-state index contributed by atoms with van der Waals surface area (Å²) in [5.74, 6) is 0.446. The number of carbonyl (C=O) groups is 1. The third-order valence-corrected chi connectivity index (χ3v) is 6.90. The van der Waals surface area contributed by atoms with Gasteiger partial charge in [0.2, 0.25) is 5.91 Å². The van der Waals surface area contributed by atoms with Crippen molar-refractivity contribution in [3.8, 4) is 0 Å². The number of nitrogens with zero attached hydrogens (tertiary/aromatic N) is 2. The van der Waals surface area contributed by atoms with Gasteiger partial charge in [-0.05, 0) is 44.9 Å². The van der Waals surface area contributed by atoms with Gasteiger partial charge in [-0.15, -0.1) is 0 Å². The maximum absolute atomic E-state index is 12.9. The summed E-state index contributed by atoms with van der Waals surface area (Å²) in [7, 11) is 0. The molecule has 4 rings (SSSR count). The van der Waals surface area contributed by atoms with Crippen LogP contribution in [-0.4, -0.2) is 72.4 Å². The summed E-state index contributed by atoms with van der Waals surface area (Å²) in [5.41, 5.74) is -0.128. The fourth-order valence-corrected chi connectivity index (χ4v) is 5.37. The molecule has 0 bridgehead atoms. The fraction of sp³-hybridized carbons (Fsp3) is 0.850. The van der Waals surface area contributed by atoms with Crippen LogP contribution in [0, 0.1) is 11.3 Å². The summed E-state index contributed by atoms with van der Waals surface area (Å²) in [4.78, 5) is 17.5. The smallest absolute Gasteiger partial charge is 0.226 e. The van der Waals surface area contributed by atoms with Gasteiger partial charge in [-0.1, -0.05) is 12.2 Å². The number of ether oxygens (including phenoxy) is 1. The largest absolute Gasteiger partial charge is 0.392 e. The van der Waals surface area contributed by atoms with Gasteiger partial charge in [-0.2, -0.15) is 0 Å². The van der Waals surface area contributed by atoms with E-state index in [2.05, 4.69) is 22.0 Å². The van der Waals surface area contributed by atoms with Gasteiger partial charge >= 0.3 is 0 Å². The van der Waals surface area contributed by atoms with Crippen molar-refractivity contribution < 1.29 is 14.6 Å². The quantitative estimate of drug-likeness (QED) is 0.774. The molecular weight excluding hydrogens is 316 g/mol. The minimum absolute atomic E-state index is 0.128. The van der Waals surface area contributed by atoms with Crippen LogP contribution in [0.25, 0.3) is 0 Å². The summed E-state index contributed by atoms with van der Waals surface area (Å²) in [6.07, 6.45) is 10.9. The maximum atomic E-state index is 12.9. The highest BCUT2D eigenvalue weighted by molar-refractivity contribution is 5.79. The molecule has 2 atom stereocenters. The topological polar surface area (TPSA) is 53.0 Å². The van der Waals surface area contributed by atoms with E-state index in [1.807, 2.05) is 0 Å². The molecule has 3 fully saturated rings. The second-order valence-electron chi connectivity index (χ2n) is 8.48. The van der Waals surface area contributed by atoms with Gasteiger partial charge in [-0.25, -0.2) is 0 Å². The van der Waals surface area contributed by atoms with E-state index in [9.17, 15) is 9.90 Å². The van der Waals surface area contributed by atoms with Crippen LogP contribution in [0.4, 0.5) is 0 Å². The Morgan fingerprint density at radius 2 is 1.84 bits per heavy atom. The Hall–Kier alpha value is -0.910. The second-order valence-corrected chi connectivity index (χ2v) is 8.48. The molecular formula is C20H32N2O3. The normalized spacial score (nSPS) is 35.6. The highest BCUT2D eigenvalue weighted by Gasteiger charge is 2.47. The molecule has 0 saturated carbocycles. The molecule has 140 valence electrons. The summed E-state index contributed by atoms with van der Waals surface area (Å²) in [6.45, 7) is 5.23. The Bertz CT molecular complexity index is 509. The number of allylic oxidation sites excluding steroid dienone is 2. The van der Waals surface area contributed by atoms with Gasteiger partial charge in [0.25, 0.3) is 0 Å². The average Bonchev–Trinajstić information content (AvgIpc) is 3.19. The summed E-state index contributed by atoms with van der Waals surface area (Å²) < 4.78 is 5.52. The Morgan fingerprint density at radius 3 is 2.60 bits per heavy atom. The lowest BCUT2D eigenvalue weighted by atomic mass is 9.71. The summed E-state index contributed by atoms with van der Waals surface area (Å²) in [6, 6.07) is 0.586. The minimum atomic E-state index is -0.277. The first-order chi connectivity index (χ1) is 12.2. The van der Waals surface area contributed by atoms with Crippen molar-refractivity contribution in [1.29, 1.82) is 0 Å². The molecule has 5 nitrogen and oxygen atoms in total. The molecule has 1 amide bonds. The van der Waals surface area contributed by atoms with Crippen LogP contribution in [0.15, 0.2) is 12.2 Å². The molecule has 0 radical (unpaired) electrons. The van der Waals surface area contributed by atoms with Gasteiger partial charge in [0, 0.05) is 56.8 Å². The highest BCUT2D eigenvalue weighted by Crippen LogP contribution is 2.40. The zero-order valence-electron chi connectivity index (χ0n) is 15.2. The van der Waals surface area contributed by atoms with E-state index in [1.165, 1.54) is 0 Å². The molecule has 0 aromatic rings. The minimum Gasteiger partial charge on any atom is -0.392 e. The molecule has 1 aliphatic carbocycles. The first-order valence-electron chi connectivity index (χ1n) is 10.1. The Morgan fingerprint density at radius 1 is 1.08 bits per heavy atom. The van der Waals surface area contributed by atoms with E-state index in [0.717, 1.165) is 84.3 Å². The number of hydrogen-bond donors (Lipinski definition) is 1. The molecule has 3 heterocycles. The van der Waals surface area contributed by atoms with Gasteiger partial charge in [0.15, 0.2) is 0 Å².